The minimum absolute atomic E-state index is 0. The molecule has 0 aromatic carbocycles. The van der Waals surface area contributed by atoms with Crippen molar-refractivity contribution < 1.29 is 9.32 Å². The van der Waals surface area contributed by atoms with Crippen LogP contribution in [-0.2, 0) is 11.2 Å². The van der Waals surface area contributed by atoms with E-state index in [0.29, 0.717) is 30.5 Å². The first-order chi connectivity index (χ1) is 11.3. The highest BCUT2D eigenvalue weighted by molar-refractivity contribution is 7.08. The summed E-state index contributed by atoms with van der Waals surface area (Å²) in [6.07, 6.45) is 3.10. The molecule has 3 rings (SSSR count). The molecule has 3 heterocycles. The first-order valence-electron chi connectivity index (χ1n) is 8.04. The standard InChI is InChI=1S/C16H22N4O2S.ClH/c1-17-10-12-4-7-20(8-5-12)15(21)3-2-14-18-16(19-22-14)13-6-9-23-11-13;/h6,9,11-12,17H,2-5,7-8,10H2,1H3;1H. The molecule has 1 fully saturated rings. The zero-order valence-corrected chi connectivity index (χ0v) is 15.4. The Hall–Kier alpha value is -1.44. The molecule has 0 radical (unpaired) electrons. The molecule has 132 valence electrons. The lowest BCUT2D eigenvalue weighted by Gasteiger charge is -2.31. The van der Waals surface area contributed by atoms with Crippen LogP contribution in [0.5, 0.6) is 0 Å². The molecule has 0 aliphatic carbocycles. The number of aryl methyl sites for hydroxylation is 1. The third-order valence-corrected chi connectivity index (χ3v) is 4.94. The smallest absolute Gasteiger partial charge is 0.227 e. The molecule has 1 aliphatic rings. The normalized spacial score (nSPS) is 15.3. The van der Waals surface area contributed by atoms with Gasteiger partial charge in [0.1, 0.15) is 0 Å². The molecule has 0 bridgehead atoms. The van der Waals surface area contributed by atoms with Crippen molar-refractivity contribution in [3.8, 4) is 11.4 Å². The molecule has 6 nitrogen and oxygen atoms in total. The van der Waals surface area contributed by atoms with E-state index in [-0.39, 0.29) is 18.3 Å². The summed E-state index contributed by atoms with van der Waals surface area (Å²) in [6.45, 7) is 2.75. The lowest BCUT2D eigenvalue weighted by molar-refractivity contribution is -0.132. The lowest BCUT2D eigenvalue weighted by Crippen LogP contribution is -2.40. The van der Waals surface area contributed by atoms with Crippen LogP contribution in [0.3, 0.4) is 0 Å². The molecule has 1 aliphatic heterocycles. The molecule has 8 heteroatoms. The molecule has 1 saturated heterocycles. The van der Waals surface area contributed by atoms with Gasteiger partial charge in [-0.2, -0.15) is 16.3 Å². The number of rotatable bonds is 6. The third kappa shape index (κ3) is 4.78. The highest BCUT2D eigenvalue weighted by Crippen LogP contribution is 2.20. The van der Waals surface area contributed by atoms with Crippen LogP contribution in [0.15, 0.2) is 21.3 Å². The Labute approximate surface area is 152 Å². The zero-order chi connectivity index (χ0) is 16.1. The van der Waals surface area contributed by atoms with Crippen LogP contribution >= 0.6 is 23.7 Å². The molecule has 2 aromatic heterocycles. The van der Waals surface area contributed by atoms with E-state index in [0.717, 1.165) is 38.0 Å². The minimum Gasteiger partial charge on any atom is -0.343 e. The van der Waals surface area contributed by atoms with E-state index in [2.05, 4.69) is 15.5 Å². The molecular weight excluding hydrogens is 348 g/mol. The van der Waals surface area contributed by atoms with Crippen molar-refractivity contribution in [2.75, 3.05) is 26.7 Å². The Kier molecular flexibility index (Phi) is 7.20. The van der Waals surface area contributed by atoms with Gasteiger partial charge < -0.3 is 14.7 Å². The number of hydrogen-bond donors (Lipinski definition) is 1. The van der Waals surface area contributed by atoms with Gasteiger partial charge in [0.25, 0.3) is 0 Å². The van der Waals surface area contributed by atoms with Gasteiger partial charge in [0.05, 0.1) is 0 Å². The molecule has 0 spiro atoms. The molecule has 0 unspecified atom stereocenters. The summed E-state index contributed by atoms with van der Waals surface area (Å²) in [5.74, 6) is 2.00. The Morgan fingerprint density at radius 3 is 2.92 bits per heavy atom. The summed E-state index contributed by atoms with van der Waals surface area (Å²) >= 11 is 1.60. The zero-order valence-electron chi connectivity index (χ0n) is 13.7. The largest absolute Gasteiger partial charge is 0.343 e. The van der Waals surface area contributed by atoms with Crippen molar-refractivity contribution in [1.82, 2.24) is 20.4 Å². The number of hydrogen-bond acceptors (Lipinski definition) is 6. The van der Waals surface area contributed by atoms with Gasteiger partial charge in [-0.25, -0.2) is 0 Å². The second-order valence-corrected chi connectivity index (χ2v) is 6.69. The number of halogens is 1. The Morgan fingerprint density at radius 2 is 2.25 bits per heavy atom. The fourth-order valence-electron chi connectivity index (χ4n) is 2.91. The number of likely N-dealkylation sites (tertiary alicyclic amines) is 1. The van der Waals surface area contributed by atoms with Gasteiger partial charge in [0, 0.05) is 36.9 Å². The first-order valence-corrected chi connectivity index (χ1v) is 8.98. The maximum absolute atomic E-state index is 12.3. The van der Waals surface area contributed by atoms with Gasteiger partial charge in [0.2, 0.25) is 17.6 Å². The van der Waals surface area contributed by atoms with Crippen LogP contribution in [0, 0.1) is 5.92 Å². The van der Waals surface area contributed by atoms with Crippen LogP contribution in [0.1, 0.15) is 25.2 Å². The topological polar surface area (TPSA) is 71.3 Å². The van der Waals surface area contributed by atoms with Crippen molar-refractivity contribution in [3.63, 3.8) is 0 Å². The van der Waals surface area contributed by atoms with Crippen LogP contribution in [0.25, 0.3) is 11.4 Å². The summed E-state index contributed by atoms with van der Waals surface area (Å²) in [7, 11) is 1.98. The number of carbonyl (C=O) groups is 1. The second kappa shape index (κ2) is 9.15. The molecule has 1 N–H and O–H groups in total. The fourth-order valence-corrected chi connectivity index (χ4v) is 3.55. The average Bonchev–Trinajstić information content (AvgIpc) is 3.25. The number of thiophene rings is 1. The summed E-state index contributed by atoms with van der Waals surface area (Å²) in [6, 6.07) is 1.96. The number of amides is 1. The molecule has 24 heavy (non-hydrogen) atoms. The first kappa shape index (κ1) is 18.9. The van der Waals surface area contributed by atoms with E-state index < -0.39 is 0 Å². The van der Waals surface area contributed by atoms with E-state index in [9.17, 15) is 4.79 Å². The summed E-state index contributed by atoms with van der Waals surface area (Å²) in [5, 5.41) is 11.1. The maximum Gasteiger partial charge on any atom is 0.227 e. The van der Waals surface area contributed by atoms with Crippen LogP contribution in [0.4, 0.5) is 0 Å². The predicted octanol–water partition coefficient (Wildman–Crippen LogP) is 2.61. The highest BCUT2D eigenvalue weighted by Gasteiger charge is 2.22. The van der Waals surface area contributed by atoms with Gasteiger partial charge in [-0.3, -0.25) is 4.79 Å². The Balaban J connectivity index is 0.00000208. The highest BCUT2D eigenvalue weighted by atomic mass is 35.5. The van der Waals surface area contributed by atoms with Gasteiger partial charge >= 0.3 is 0 Å². The number of nitrogens with one attached hydrogen (secondary N) is 1. The lowest BCUT2D eigenvalue weighted by atomic mass is 9.96. The number of carbonyl (C=O) groups excluding carboxylic acids is 1. The number of piperidine rings is 1. The van der Waals surface area contributed by atoms with Crippen molar-refractivity contribution in [1.29, 1.82) is 0 Å². The van der Waals surface area contributed by atoms with E-state index >= 15 is 0 Å². The Bertz CT molecular complexity index is 624. The quantitative estimate of drug-likeness (QED) is 0.846. The molecule has 0 atom stereocenters. The molecular formula is C16H23ClN4O2S. The molecule has 2 aromatic rings. The van der Waals surface area contributed by atoms with Crippen LogP contribution in [-0.4, -0.2) is 47.6 Å². The number of aromatic nitrogens is 2. The van der Waals surface area contributed by atoms with Gasteiger partial charge in [-0.15, -0.1) is 12.4 Å². The molecule has 0 saturated carbocycles. The van der Waals surface area contributed by atoms with Crippen molar-refractivity contribution in [2.24, 2.45) is 5.92 Å². The van der Waals surface area contributed by atoms with Crippen molar-refractivity contribution in [3.05, 3.63) is 22.7 Å². The van der Waals surface area contributed by atoms with Gasteiger partial charge in [-0.1, -0.05) is 5.16 Å². The minimum atomic E-state index is 0. The average molecular weight is 371 g/mol. The van der Waals surface area contributed by atoms with E-state index in [1.54, 1.807) is 11.3 Å². The third-order valence-electron chi connectivity index (χ3n) is 4.26. The second-order valence-electron chi connectivity index (χ2n) is 5.91. The monoisotopic (exact) mass is 370 g/mol. The van der Waals surface area contributed by atoms with Crippen molar-refractivity contribution >= 4 is 29.7 Å². The molecule has 1 amide bonds. The van der Waals surface area contributed by atoms with Crippen LogP contribution in [0.2, 0.25) is 0 Å². The SMILES string of the molecule is CNCC1CCN(C(=O)CCc2nc(-c3ccsc3)no2)CC1.Cl. The maximum atomic E-state index is 12.3. The van der Waals surface area contributed by atoms with Crippen molar-refractivity contribution in [2.45, 2.75) is 25.7 Å². The summed E-state index contributed by atoms with van der Waals surface area (Å²) < 4.78 is 5.24. The Morgan fingerprint density at radius 1 is 1.46 bits per heavy atom. The predicted molar refractivity (Wildman–Crippen MR) is 96.4 cm³/mol. The van der Waals surface area contributed by atoms with Crippen LogP contribution < -0.4 is 5.32 Å². The van der Waals surface area contributed by atoms with E-state index in [1.165, 1.54) is 0 Å². The van der Waals surface area contributed by atoms with Gasteiger partial charge in [-0.05, 0) is 43.8 Å². The van der Waals surface area contributed by atoms with Gasteiger partial charge in [0.15, 0.2) is 0 Å². The number of nitrogens with zero attached hydrogens (tertiary/aromatic N) is 3. The van der Waals surface area contributed by atoms with E-state index in [4.69, 9.17) is 4.52 Å². The summed E-state index contributed by atoms with van der Waals surface area (Å²) in [5.41, 5.74) is 0.961. The summed E-state index contributed by atoms with van der Waals surface area (Å²) in [4.78, 5) is 18.6. The van der Waals surface area contributed by atoms with E-state index in [1.807, 2.05) is 28.8 Å². The fraction of sp³-hybridized carbons (Fsp3) is 0.562.